The SMILES string of the molecule is Clc1ccc(-c2n[nH]c(C3CCNCC3)n2)cc1Cl. The Labute approximate surface area is 121 Å². The van der Waals surface area contributed by atoms with E-state index < -0.39 is 0 Å². The average Bonchev–Trinajstić information content (AvgIpc) is 2.93. The van der Waals surface area contributed by atoms with Gasteiger partial charge in [0.15, 0.2) is 5.82 Å². The zero-order valence-electron chi connectivity index (χ0n) is 10.3. The molecule has 1 aromatic carbocycles. The van der Waals surface area contributed by atoms with Gasteiger partial charge in [0, 0.05) is 11.5 Å². The van der Waals surface area contributed by atoms with Gasteiger partial charge in [-0.1, -0.05) is 23.2 Å². The molecule has 2 N–H and O–H groups in total. The van der Waals surface area contributed by atoms with Gasteiger partial charge in [0.2, 0.25) is 0 Å². The Kier molecular flexibility index (Phi) is 3.73. The molecule has 0 unspecified atom stereocenters. The summed E-state index contributed by atoms with van der Waals surface area (Å²) < 4.78 is 0. The summed E-state index contributed by atoms with van der Waals surface area (Å²) >= 11 is 11.9. The highest BCUT2D eigenvalue weighted by atomic mass is 35.5. The molecule has 1 aromatic heterocycles. The molecule has 1 fully saturated rings. The first kappa shape index (κ1) is 12.9. The maximum Gasteiger partial charge on any atom is 0.181 e. The van der Waals surface area contributed by atoms with E-state index >= 15 is 0 Å². The molecule has 6 heteroatoms. The molecule has 1 aliphatic rings. The summed E-state index contributed by atoms with van der Waals surface area (Å²) in [5.41, 5.74) is 0.880. The summed E-state index contributed by atoms with van der Waals surface area (Å²) in [6.45, 7) is 2.07. The average molecular weight is 297 g/mol. The van der Waals surface area contributed by atoms with Crippen LogP contribution in [0.1, 0.15) is 24.6 Å². The Morgan fingerprint density at radius 3 is 2.63 bits per heavy atom. The minimum absolute atomic E-state index is 0.463. The number of aromatic amines is 1. The summed E-state index contributed by atoms with van der Waals surface area (Å²) in [6.07, 6.45) is 2.19. The predicted octanol–water partition coefficient (Wildman–Crippen LogP) is 3.25. The first-order valence-electron chi connectivity index (χ1n) is 6.32. The number of piperidine rings is 1. The van der Waals surface area contributed by atoms with Crippen molar-refractivity contribution >= 4 is 23.2 Å². The molecule has 2 aromatic rings. The summed E-state index contributed by atoms with van der Waals surface area (Å²) in [5.74, 6) is 2.10. The molecular weight excluding hydrogens is 283 g/mol. The van der Waals surface area contributed by atoms with Gasteiger partial charge in [0.25, 0.3) is 0 Å². The number of rotatable bonds is 2. The highest BCUT2D eigenvalue weighted by Gasteiger charge is 2.19. The minimum Gasteiger partial charge on any atom is -0.317 e. The van der Waals surface area contributed by atoms with Gasteiger partial charge in [-0.25, -0.2) is 4.98 Å². The molecule has 2 heterocycles. The number of nitrogens with one attached hydrogen (secondary N) is 2. The zero-order chi connectivity index (χ0) is 13.2. The third-order valence-electron chi connectivity index (χ3n) is 3.41. The van der Waals surface area contributed by atoms with Crippen LogP contribution in [0, 0.1) is 0 Å². The lowest BCUT2D eigenvalue weighted by Gasteiger charge is -2.19. The van der Waals surface area contributed by atoms with Crippen LogP contribution in [0.2, 0.25) is 10.0 Å². The van der Waals surface area contributed by atoms with E-state index in [4.69, 9.17) is 23.2 Å². The Bertz CT molecular complexity index is 576. The first-order valence-corrected chi connectivity index (χ1v) is 7.08. The maximum absolute atomic E-state index is 6.01. The van der Waals surface area contributed by atoms with Crippen molar-refractivity contribution in [3.8, 4) is 11.4 Å². The van der Waals surface area contributed by atoms with Crippen LogP contribution in [0.25, 0.3) is 11.4 Å². The third-order valence-corrected chi connectivity index (χ3v) is 4.15. The lowest BCUT2D eigenvalue weighted by Crippen LogP contribution is -2.27. The number of H-pyrrole nitrogens is 1. The number of aromatic nitrogens is 3. The number of benzene rings is 1. The second-order valence-electron chi connectivity index (χ2n) is 4.70. The Morgan fingerprint density at radius 1 is 1.11 bits per heavy atom. The smallest absolute Gasteiger partial charge is 0.181 e. The van der Waals surface area contributed by atoms with Crippen molar-refractivity contribution in [2.45, 2.75) is 18.8 Å². The molecule has 1 saturated heterocycles. The zero-order valence-corrected chi connectivity index (χ0v) is 11.8. The molecule has 0 amide bonds. The van der Waals surface area contributed by atoms with Gasteiger partial charge < -0.3 is 5.32 Å². The van der Waals surface area contributed by atoms with Gasteiger partial charge in [-0.15, -0.1) is 0 Å². The fourth-order valence-corrected chi connectivity index (χ4v) is 2.61. The Balaban J connectivity index is 1.85. The molecule has 1 aliphatic heterocycles. The van der Waals surface area contributed by atoms with E-state index in [-0.39, 0.29) is 0 Å². The van der Waals surface area contributed by atoms with E-state index in [2.05, 4.69) is 20.5 Å². The molecule has 0 saturated carbocycles. The largest absolute Gasteiger partial charge is 0.317 e. The van der Waals surface area contributed by atoms with Crippen molar-refractivity contribution in [2.24, 2.45) is 0 Å². The normalized spacial score (nSPS) is 16.7. The van der Waals surface area contributed by atoms with E-state index in [1.807, 2.05) is 6.07 Å². The summed E-state index contributed by atoms with van der Waals surface area (Å²) in [5, 5.41) is 11.7. The van der Waals surface area contributed by atoms with Gasteiger partial charge in [0.05, 0.1) is 10.0 Å². The second-order valence-corrected chi connectivity index (χ2v) is 5.51. The quantitative estimate of drug-likeness (QED) is 0.894. The molecule has 19 heavy (non-hydrogen) atoms. The van der Waals surface area contributed by atoms with Gasteiger partial charge in [-0.3, -0.25) is 5.10 Å². The van der Waals surface area contributed by atoms with E-state index in [0.717, 1.165) is 37.3 Å². The predicted molar refractivity (Wildman–Crippen MR) is 76.7 cm³/mol. The summed E-state index contributed by atoms with van der Waals surface area (Å²) in [6, 6.07) is 5.43. The molecule has 0 radical (unpaired) electrons. The van der Waals surface area contributed by atoms with Gasteiger partial charge in [-0.05, 0) is 44.1 Å². The molecule has 0 spiro atoms. The highest BCUT2D eigenvalue weighted by molar-refractivity contribution is 6.42. The lowest BCUT2D eigenvalue weighted by atomic mass is 9.98. The number of hydrogen-bond donors (Lipinski definition) is 2. The van der Waals surface area contributed by atoms with Crippen LogP contribution in [0.15, 0.2) is 18.2 Å². The van der Waals surface area contributed by atoms with Crippen LogP contribution in [0.3, 0.4) is 0 Å². The van der Waals surface area contributed by atoms with Crippen LogP contribution in [0.4, 0.5) is 0 Å². The van der Waals surface area contributed by atoms with Crippen molar-refractivity contribution in [1.29, 1.82) is 0 Å². The van der Waals surface area contributed by atoms with Crippen LogP contribution in [-0.2, 0) is 0 Å². The first-order chi connectivity index (χ1) is 9.24. The molecule has 100 valence electrons. The molecule has 0 bridgehead atoms. The Morgan fingerprint density at radius 2 is 1.89 bits per heavy atom. The number of nitrogens with zero attached hydrogens (tertiary/aromatic N) is 2. The highest BCUT2D eigenvalue weighted by Crippen LogP contribution is 2.28. The van der Waals surface area contributed by atoms with Crippen molar-refractivity contribution < 1.29 is 0 Å². The molecule has 3 rings (SSSR count). The van der Waals surface area contributed by atoms with Crippen molar-refractivity contribution in [3.63, 3.8) is 0 Å². The summed E-state index contributed by atoms with van der Waals surface area (Å²) in [7, 11) is 0. The lowest BCUT2D eigenvalue weighted by molar-refractivity contribution is 0.446. The van der Waals surface area contributed by atoms with Crippen LogP contribution in [0.5, 0.6) is 0 Å². The maximum atomic E-state index is 6.01. The van der Waals surface area contributed by atoms with Crippen LogP contribution >= 0.6 is 23.2 Å². The molecule has 0 atom stereocenters. The topological polar surface area (TPSA) is 53.6 Å². The fourth-order valence-electron chi connectivity index (χ4n) is 2.32. The third kappa shape index (κ3) is 2.76. The summed E-state index contributed by atoms with van der Waals surface area (Å²) in [4.78, 5) is 4.58. The van der Waals surface area contributed by atoms with Crippen LogP contribution in [-0.4, -0.2) is 28.3 Å². The van der Waals surface area contributed by atoms with Gasteiger partial charge in [-0.2, -0.15) is 5.10 Å². The standard InChI is InChI=1S/C13H14Cl2N4/c14-10-2-1-9(7-11(10)15)13-17-12(18-19-13)8-3-5-16-6-4-8/h1-2,7-8,16H,3-6H2,(H,17,18,19). The van der Waals surface area contributed by atoms with E-state index in [9.17, 15) is 0 Å². The molecule has 4 nitrogen and oxygen atoms in total. The van der Waals surface area contributed by atoms with Crippen molar-refractivity contribution in [3.05, 3.63) is 34.1 Å². The van der Waals surface area contributed by atoms with E-state index in [0.29, 0.717) is 21.8 Å². The minimum atomic E-state index is 0.463. The second kappa shape index (κ2) is 5.49. The number of halogens is 2. The molecular formula is C13H14Cl2N4. The van der Waals surface area contributed by atoms with E-state index in [1.54, 1.807) is 12.1 Å². The fraction of sp³-hybridized carbons (Fsp3) is 0.385. The van der Waals surface area contributed by atoms with E-state index in [1.165, 1.54) is 0 Å². The molecule has 0 aliphatic carbocycles. The monoisotopic (exact) mass is 296 g/mol. The number of hydrogen-bond acceptors (Lipinski definition) is 3. The Hall–Kier alpha value is -1.10. The van der Waals surface area contributed by atoms with Crippen LogP contribution < -0.4 is 5.32 Å². The van der Waals surface area contributed by atoms with Gasteiger partial charge in [0.1, 0.15) is 5.82 Å². The van der Waals surface area contributed by atoms with Crippen molar-refractivity contribution in [2.75, 3.05) is 13.1 Å². The van der Waals surface area contributed by atoms with Gasteiger partial charge >= 0.3 is 0 Å². The van der Waals surface area contributed by atoms with Crippen molar-refractivity contribution in [1.82, 2.24) is 20.5 Å².